The molecule has 0 atom stereocenters. The van der Waals surface area contributed by atoms with Gasteiger partial charge in [0.15, 0.2) is 11.5 Å². The van der Waals surface area contributed by atoms with E-state index in [9.17, 15) is 9.18 Å². The summed E-state index contributed by atoms with van der Waals surface area (Å²) in [6.45, 7) is 0. The fourth-order valence-electron chi connectivity index (χ4n) is 1.29. The number of carbonyl (C=O) groups is 1. The summed E-state index contributed by atoms with van der Waals surface area (Å²) >= 11 is 5.70. The number of aromatic carboxylic acids is 1. The number of carboxylic acids is 1. The maximum absolute atomic E-state index is 13.4. The summed E-state index contributed by atoms with van der Waals surface area (Å²) < 4.78 is 13.4. The number of aromatic nitrogens is 1. The van der Waals surface area contributed by atoms with E-state index in [-0.39, 0.29) is 5.02 Å². The highest BCUT2D eigenvalue weighted by Gasteiger charge is 2.18. The molecule has 3 nitrogen and oxygen atoms in total. The van der Waals surface area contributed by atoms with Crippen LogP contribution in [0.3, 0.4) is 0 Å². The highest BCUT2D eigenvalue weighted by molar-refractivity contribution is 6.35. The molecule has 0 radical (unpaired) electrons. The van der Waals surface area contributed by atoms with E-state index in [1.807, 2.05) is 0 Å². The number of rotatable bonds is 1. The van der Waals surface area contributed by atoms with Gasteiger partial charge in [0.25, 0.3) is 0 Å². The largest absolute Gasteiger partial charge is 0.476 e. The van der Waals surface area contributed by atoms with Crippen molar-refractivity contribution in [3.05, 3.63) is 40.8 Å². The lowest BCUT2D eigenvalue weighted by Gasteiger charge is -2.03. The van der Waals surface area contributed by atoms with E-state index in [4.69, 9.17) is 16.7 Å². The summed E-state index contributed by atoms with van der Waals surface area (Å²) in [5.41, 5.74) is -0.292. The predicted octanol–water partition coefficient (Wildman–Crippen LogP) is 2.73. The number of carboxylic acid groups (broad SMARTS) is 1. The first-order valence-electron chi connectivity index (χ1n) is 4.08. The molecule has 0 fully saturated rings. The molecule has 1 heterocycles. The topological polar surface area (TPSA) is 50.2 Å². The average molecular weight is 226 g/mol. The van der Waals surface area contributed by atoms with Gasteiger partial charge in [-0.1, -0.05) is 29.8 Å². The van der Waals surface area contributed by atoms with E-state index in [1.165, 1.54) is 0 Å². The minimum absolute atomic E-state index is 0.210. The van der Waals surface area contributed by atoms with Gasteiger partial charge in [-0.05, 0) is 6.07 Å². The monoisotopic (exact) mass is 225 g/mol. The van der Waals surface area contributed by atoms with Gasteiger partial charge in [0.05, 0.1) is 10.5 Å². The van der Waals surface area contributed by atoms with Crippen LogP contribution in [0.4, 0.5) is 4.39 Å². The number of hydrogen-bond acceptors (Lipinski definition) is 2. The Labute approximate surface area is 89.1 Å². The van der Waals surface area contributed by atoms with Crippen LogP contribution < -0.4 is 0 Å². The average Bonchev–Trinajstić information content (AvgIpc) is 2.23. The fraction of sp³-hybridized carbons (Fsp3) is 0. The zero-order valence-corrected chi connectivity index (χ0v) is 8.12. The molecule has 0 aliphatic heterocycles. The lowest BCUT2D eigenvalue weighted by atomic mass is 10.2. The highest BCUT2D eigenvalue weighted by Crippen LogP contribution is 2.26. The Bertz CT molecular complexity index is 556. The number of fused-ring (bicyclic) bond motifs is 1. The SMILES string of the molecule is O=C(O)c1nc2ccccc2c(Cl)c1F. The second-order valence-electron chi connectivity index (χ2n) is 2.91. The van der Waals surface area contributed by atoms with Crippen LogP contribution in [0.5, 0.6) is 0 Å². The van der Waals surface area contributed by atoms with Crippen LogP contribution in [0.15, 0.2) is 24.3 Å². The number of para-hydroxylation sites is 1. The van der Waals surface area contributed by atoms with Crippen LogP contribution in [0.2, 0.25) is 5.02 Å². The van der Waals surface area contributed by atoms with Crippen molar-refractivity contribution in [3.8, 4) is 0 Å². The summed E-state index contributed by atoms with van der Waals surface area (Å²) in [6, 6.07) is 6.51. The number of hydrogen-bond donors (Lipinski definition) is 1. The van der Waals surface area contributed by atoms with Crippen LogP contribution in [-0.4, -0.2) is 16.1 Å². The minimum atomic E-state index is -1.43. The summed E-state index contributed by atoms with van der Waals surface area (Å²) in [5.74, 6) is -2.43. The molecule has 0 amide bonds. The van der Waals surface area contributed by atoms with E-state index in [0.29, 0.717) is 10.9 Å². The molecular formula is C10H5ClFNO2. The van der Waals surface area contributed by atoms with Gasteiger partial charge in [0, 0.05) is 5.39 Å². The third-order valence-corrected chi connectivity index (χ3v) is 2.35. The van der Waals surface area contributed by atoms with Gasteiger partial charge in [-0.3, -0.25) is 0 Å². The quantitative estimate of drug-likeness (QED) is 0.812. The van der Waals surface area contributed by atoms with Crippen molar-refractivity contribution in [2.75, 3.05) is 0 Å². The van der Waals surface area contributed by atoms with Gasteiger partial charge in [0.2, 0.25) is 0 Å². The zero-order chi connectivity index (χ0) is 11.0. The lowest BCUT2D eigenvalue weighted by Crippen LogP contribution is -2.05. The Morgan fingerprint density at radius 3 is 2.73 bits per heavy atom. The standard InChI is InChI=1S/C10H5ClFNO2/c11-7-5-3-1-2-4-6(5)13-9(8(7)12)10(14)15/h1-4H,(H,14,15). The van der Waals surface area contributed by atoms with Gasteiger partial charge >= 0.3 is 5.97 Å². The van der Waals surface area contributed by atoms with E-state index in [0.717, 1.165) is 0 Å². The molecule has 2 rings (SSSR count). The second-order valence-corrected chi connectivity index (χ2v) is 3.29. The first-order valence-corrected chi connectivity index (χ1v) is 4.46. The van der Waals surface area contributed by atoms with Crippen molar-refractivity contribution in [2.45, 2.75) is 0 Å². The Balaban J connectivity index is 2.88. The molecule has 5 heteroatoms. The number of nitrogens with zero attached hydrogens (tertiary/aromatic N) is 1. The molecule has 0 bridgehead atoms. The third-order valence-electron chi connectivity index (χ3n) is 1.98. The van der Waals surface area contributed by atoms with Gasteiger partial charge in [-0.25, -0.2) is 14.2 Å². The second kappa shape index (κ2) is 3.47. The Hall–Kier alpha value is -1.68. The molecule has 0 spiro atoms. The van der Waals surface area contributed by atoms with E-state index in [2.05, 4.69) is 4.98 Å². The van der Waals surface area contributed by atoms with Gasteiger partial charge in [0.1, 0.15) is 0 Å². The zero-order valence-electron chi connectivity index (χ0n) is 7.37. The van der Waals surface area contributed by atoms with E-state index >= 15 is 0 Å². The summed E-state index contributed by atoms with van der Waals surface area (Å²) in [4.78, 5) is 14.3. The first-order chi connectivity index (χ1) is 7.11. The molecule has 1 aromatic heterocycles. The molecule has 0 aliphatic carbocycles. The Morgan fingerprint density at radius 2 is 2.07 bits per heavy atom. The van der Waals surface area contributed by atoms with Crippen LogP contribution >= 0.6 is 11.6 Å². The molecule has 15 heavy (non-hydrogen) atoms. The van der Waals surface area contributed by atoms with E-state index < -0.39 is 17.5 Å². The molecule has 76 valence electrons. The van der Waals surface area contributed by atoms with Crippen molar-refractivity contribution >= 4 is 28.5 Å². The third kappa shape index (κ3) is 1.53. The normalized spacial score (nSPS) is 10.5. The maximum Gasteiger partial charge on any atom is 0.357 e. The van der Waals surface area contributed by atoms with Crippen molar-refractivity contribution in [3.63, 3.8) is 0 Å². The first kappa shape index (κ1) is 9.86. The van der Waals surface area contributed by atoms with E-state index in [1.54, 1.807) is 24.3 Å². The molecule has 0 saturated heterocycles. The number of benzene rings is 1. The highest BCUT2D eigenvalue weighted by atomic mass is 35.5. The van der Waals surface area contributed by atoms with Crippen LogP contribution in [-0.2, 0) is 0 Å². The predicted molar refractivity (Wildman–Crippen MR) is 53.7 cm³/mol. The summed E-state index contributed by atoms with van der Waals surface area (Å²) in [6.07, 6.45) is 0. The van der Waals surface area contributed by atoms with Crippen molar-refractivity contribution < 1.29 is 14.3 Å². The van der Waals surface area contributed by atoms with Crippen molar-refractivity contribution in [2.24, 2.45) is 0 Å². The smallest absolute Gasteiger partial charge is 0.357 e. The molecule has 1 N–H and O–H groups in total. The molecule has 2 aromatic rings. The summed E-state index contributed by atoms with van der Waals surface area (Å²) in [5, 5.41) is 8.88. The molecular weight excluding hydrogens is 221 g/mol. The fourth-order valence-corrected chi connectivity index (χ4v) is 1.54. The summed E-state index contributed by atoms with van der Waals surface area (Å²) in [7, 11) is 0. The van der Waals surface area contributed by atoms with Crippen LogP contribution in [0.25, 0.3) is 10.9 Å². The van der Waals surface area contributed by atoms with Crippen molar-refractivity contribution in [1.82, 2.24) is 4.98 Å². The van der Waals surface area contributed by atoms with Crippen molar-refractivity contribution in [1.29, 1.82) is 0 Å². The molecule has 0 saturated carbocycles. The maximum atomic E-state index is 13.4. The number of halogens is 2. The minimum Gasteiger partial charge on any atom is -0.476 e. The van der Waals surface area contributed by atoms with Crippen LogP contribution in [0.1, 0.15) is 10.5 Å². The molecule has 1 aromatic carbocycles. The van der Waals surface area contributed by atoms with Crippen LogP contribution in [0, 0.1) is 5.82 Å². The lowest BCUT2D eigenvalue weighted by molar-refractivity contribution is 0.0685. The molecule has 0 unspecified atom stereocenters. The van der Waals surface area contributed by atoms with Gasteiger partial charge < -0.3 is 5.11 Å². The molecule has 0 aliphatic rings. The Kier molecular flexibility index (Phi) is 2.28. The van der Waals surface area contributed by atoms with Gasteiger partial charge in [-0.15, -0.1) is 0 Å². The number of pyridine rings is 1. The Morgan fingerprint density at radius 1 is 1.40 bits per heavy atom. The van der Waals surface area contributed by atoms with Gasteiger partial charge in [-0.2, -0.15) is 0 Å².